The zero-order chi connectivity index (χ0) is 20.8. The van der Waals surface area contributed by atoms with E-state index in [1.807, 2.05) is 18.2 Å². The molecule has 0 saturated carbocycles. The van der Waals surface area contributed by atoms with E-state index in [-0.39, 0.29) is 18.2 Å². The normalized spacial score (nSPS) is 15.0. The second-order valence-electron chi connectivity index (χ2n) is 6.94. The van der Waals surface area contributed by atoms with E-state index in [0.29, 0.717) is 37.0 Å². The first kappa shape index (κ1) is 20.9. The minimum absolute atomic E-state index is 0.0771. The molecule has 8 heteroatoms. The molecule has 1 fully saturated rings. The van der Waals surface area contributed by atoms with Crippen molar-refractivity contribution in [3.05, 3.63) is 53.2 Å². The zero-order valence-corrected chi connectivity index (χ0v) is 17.4. The highest BCUT2D eigenvalue weighted by Gasteiger charge is 2.26. The zero-order valence-electron chi connectivity index (χ0n) is 16.6. The van der Waals surface area contributed by atoms with Crippen LogP contribution in [0.3, 0.4) is 0 Å². The number of piperazine rings is 1. The number of carbonyl (C=O) groups excluding carboxylic acids is 2. The number of pyridine rings is 1. The van der Waals surface area contributed by atoms with Crippen LogP contribution in [0.5, 0.6) is 5.75 Å². The summed E-state index contributed by atoms with van der Waals surface area (Å²) in [5.41, 5.74) is 0.761. The van der Waals surface area contributed by atoms with E-state index < -0.39 is 6.04 Å². The summed E-state index contributed by atoms with van der Waals surface area (Å²) in [6.45, 7) is 4.35. The summed E-state index contributed by atoms with van der Waals surface area (Å²) in [5, 5.41) is 3.24. The maximum absolute atomic E-state index is 12.7. The third kappa shape index (κ3) is 5.38. The van der Waals surface area contributed by atoms with Crippen molar-refractivity contribution in [1.82, 2.24) is 15.2 Å². The number of halogens is 1. The predicted octanol–water partition coefficient (Wildman–Crippen LogP) is 2.14. The van der Waals surface area contributed by atoms with Crippen LogP contribution in [0.4, 0.5) is 5.82 Å². The molecule has 1 N–H and O–H groups in total. The number of hydrogen-bond donors (Lipinski definition) is 1. The van der Waals surface area contributed by atoms with E-state index in [9.17, 15) is 9.59 Å². The summed E-state index contributed by atoms with van der Waals surface area (Å²) < 4.78 is 5.11. The van der Waals surface area contributed by atoms with Crippen LogP contribution in [-0.2, 0) is 16.0 Å². The molecule has 1 unspecified atom stereocenters. The number of nitrogens with one attached hydrogen (secondary N) is 1. The Morgan fingerprint density at radius 1 is 1.21 bits per heavy atom. The maximum atomic E-state index is 12.7. The SMILES string of the molecule is COc1ccc(CC(=O)NC(C)C(=O)N2CCN(c3ccccn3)CC2)cc1Cl. The van der Waals surface area contributed by atoms with Gasteiger partial charge >= 0.3 is 0 Å². The Bertz CT molecular complexity index is 854. The molecule has 0 bridgehead atoms. The Morgan fingerprint density at radius 2 is 1.97 bits per heavy atom. The van der Waals surface area contributed by atoms with Crippen LogP contribution in [0.25, 0.3) is 0 Å². The Kier molecular flexibility index (Phi) is 6.93. The van der Waals surface area contributed by atoms with Gasteiger partial charge in [0.2, 0.25) is 11.8 Å². The van der Waals surface area contributed by atoms with Crippen molar-refractivity contribution >= 4 is 29.2 Å². The Hall–Kier alpha value is -2.80. The topological polar surface area (TPSA) is 74.8 Å². The molecule has 29 heavy (non-hydrogen) atoms. The highest BCUT2D eigenvalue weighted by molar-refractivity contribution is 6.32. The van der Waals surface area contributed by atoms with Crippen LogP contribution in [0.15, 0.2) is 42.6 Å². The van der Waals surface area contributed by atoms with Crippen LogP contribution in [-0.4, -0.2) is 61.0 Å². The van der Waals surface area contributed by atoms with Gasteiger partial charge in [-0.2, -0.15) is 0 Å². The van der Waals surface area contributed by atoms with Gasteiger partial charge < -0.3 is 19.9 Å². The Labute approximate surface area is 175 Å². The van der Waals surface area contributed by atoms with Gasteiger partial charge in [0.1, 0.15) is 17.6 Å². The van der Waals surface area contributed by atoms with Crippen LogP contribution >= 0.6 is 11.6 Å². The highest BCUT2D eigenvalue weighted by atomic mass is 35.5. The number of nitrogens with zero attached hydrogens (tertiary/aromatic N) is 3. The molecule has 1 aromatic heterocycles. The van der Waals surface area contributed by atoms with Crippen molar-refractivity contribution in [3.63, 3.8) is 0 Å². The van der Waals surface area contributed by atoms with Gasteiger partial charge in [0, 0.05) is 32.4 Å². The van der Waals surface area contributed by atoms with Crippen LogP contribution in [0.1, 0.15) is 12.5 Å². The van der Waals surface area contributed by atoms with E-state index >= 15 is 0 Å². The minimum Gasteiger partial charge on any atom is -0.495 e. The molecule has 1 aliphatic rings. The van der Waals surface area contributed by atoms with Gasteiger partial charge in [0.15, 0.2) is 0 Å². The first-order valence-corrected chi connectivity index (χ1v) is 9.92. The van der Waals surface area contributed by atoms with Crippen LogP contribution in [0.2, 0.25) is 5.02 Å². The van der Waals surface area contributed by atoms with E-state index in [4.69, 9.17) is 16.3 Å². The first-order chi connectivity index (χ1) is 14.0. The lowest BCUT2D eigenvalue weighted by molar-refractivity contribution is -0.136. The number of ether oxygens (including phenoxy) is 1. The number of benzene rings is 1. The fraction of sp³-hybridized carbons (Fsp3) is 0.381. The minimum atomic E-state index is -0.586. The van der Waals surface area contributed by atoms with Crippen molar-refractivity contribution in [3.8, 4) is 5.75 Å². The van der Waals surface area contributed by atoms with Crippen molar-refractivity contribution in [2.75, 3.05) is 38.2 Å². The molecular formula is C21H25ClN4O3. The standard InChI is InChI=1S/C21H25ClN4O3/c1-15(24-20(27)14-16-6-7-18(29-2)17(22)13-16)21(28)26-11-9-25(10-12-26)19-5-3-4-8-23-19/h3-8,13,15H,9-12,14H2,1-2H3,(H,24,27). The van der Waals surface area contributed by atoms with Crippen LogP contribution in [0, 0.1) is 0 Å². The number of rotatable bonds is 6. The quantitative estimate of drug-likeness (QED) is 0.780. The third-order valence-electron chi connectivity index (χ3n) is 4.89. The van der Waals surface area contributed by atoms with E-state index in [1.54, 1.807) is 36.2 Å². The Morgan fingerprint density at radius 3 is 2.59 bits per heavy atom. The predicted molar refractivity (Wildman–Crippen MR) is 112 cm³/mol. The van der Waals surface area contributed by atoms with Gasteiger partial charge in [0.25, 0.3) is 0 Å². The lowest BCUT2D eigenvalue weighted by Gasteiger charge is -2.36. The number of anilines is 1. The molecule has 0 radical (unpaired) electrons. The molecule has 3 rings (SSSR count). The molecule has 0 aliphatic carbocycles. The second kappa shape index (κ2) is 9.60. The van der Waals surface area contributed by atoms with Crippen molar-refractivity contribution in [1.29, 1.82) is 0 Å². The highest BCUT2D eigenvalue weighted by Crippen LogP contribution is 2.25. The molecule has 1 saturated heterocycles. The van der Waals surface area contributed by atoms with Crippen molar-refractivity contribution < 1.29 is 14.3 Å². The van der Waals surface area contributed by atoms with Gasteiger partial charge in [-0.05, 0) is 36.8 Å². The summed E-state index contributed by atoms with van der Waals surface area (Å²) in [6, 6.07) is 10.4. The van der Waals surface area contributed by atoms with Gasteiger partial charge in [-0.3, -0.25) is 9.59 Å². The Balaban J connectivity index is 1.49. The molecule has 2 heterocycles. The molecule has 1 aliphatic heterocycles. The lowest BCUT2D eigenvalue weighted by atomic mass is 10.1. The largest absolute Gasteiger partial charge is 0.495 e. The lowest BCUT2D eigenvalue weighted by Crippen LogP contribution is -2.54. The van der Waals surface area contributed by atoms with Gasteiger partial charge in [-0.1, -0.05) is 23.7 Å². The van der Waals surface area contributed by atoms with E-state index in [0.717, 1.165) is 11.4 Å². The summed E-state index contributed by atoms with van der Waals surface area (Å²) >= 11 is 6.10. The molecule has 154 valence electrons. The molecule has 0 spiro atoms. The first-order valence-electron chi connectivity index (χ1n) is 9.54. The second-order valence-corrected chi connectivity index (χ2v) is 7.34. The maximum Gasteiger partial charge on any atom is 0.244 e. The molecular weight excluding hydrogens is 392 g/mol. The molecule has 1 aromatic carbocycles. The van der Waals surface area contributed by atoms with E-state index in [2.05, 4.69) is 15.2 Å². The molecule has 7 nitrogen and oxygen atoms in total. The average molecular weight is 417 g/mol. The van der Waals surface area contributed by atoms with Crippen molar-refractivity contribution in [2.24, 2.45) is 0 Å². The number of carbonyl (C=O) groups is 2. The fourth-order valence-electron chi connectivity index (χ4n) is 3.33. The number of amides is 2. The van der Waals surface area contributed by atoms with Crippen molar-refractivity contribution in [2.45, 2.75) is 19.4 Å². The molecule has 2 amide bonds. The monoisotopic (exact) mass is 416 g/mol. The average Bonchev–Trinajstić information content (AvgIpc) is 2.74. The fourth-order valence-corrected chi connectivity index (χ4v) is 3.61. The molecule has 1 atom stereocenters. The van der Waals surface area contributed by atoms with Crippen LogP contribution < -0.4 is 15.0 Å². The summed E-state index contributed by atoms with van der Waals surface area (Å²) in [7, 11) is 1.54. The number of methoxy groups -OCH3 is 1. The van der Waals surface area contributed by atoms with Gasteiger partial charge in [-0.25, -0.2) is 4.98 Å². The third-order valence-corrected chi connectivity index (χ3v) is 5.19. The summed E-state index contributed by atoms with van der Waals surface area (Å²) in [6.07, 6.45) is 1.91. The summed E-state index contributed by atoms with van der Waals surface area (Å²) in [5.74, 6) is 1.18. The van der Waals surface area contributed by atoms with E-state index in [1.165, 1.54) is 7.11 Å². The van der Waals surface area contributed by atoms with Gasteiger partial charge in [-0.15, -0.1) is 0 Å². The number of hydrogen-bond acceptors (Lipinski definition) is 5. The molecule has 2 aromatic rings. The smallest absolute Gasteiger partial charge is 0.244 e. The number of aromatic nitrogens is 1. The van der Waals surface area contributed by atoms with Gasteiger partial charge in [0.05, 0.1) is 18.6 Å². The summed E-state index contributed by atoms with van der Waals surface area (Å²) in [4.78, 5) is 33.3.